The molecule has 1 aromatic carbocycles. The third-order valence-corrected chi connectivity index (χ3v) is 5.49. The van der Waals surface area contributed by atoms with Gasteiger partial charge in [-0.3, -0.25) is 19.3 Å². The zero-order valence-electron chi connectivity index (χ0n) is 17.3. The second kappa shape index (κ2) is 6.62. The normalized spacial score (nSPS) is 11.5. The van der Waals surface area contributed by atoms with Crippen molar-refractivity contribution in [3.05, 3.63) is 82.2 Å². The molecule has 148 valence electrons. The Hall–Kier alpha value is -3.80. The Kier molecular flexibility index (Phi) is 4.03. The van der Waals surface area contributed by atoms with Gasteiger partial charge in [-0.1, -0.05) is 12.1 Å². The first kappa shape index (κ1) is 18.2. The minimum absolute atomic E-state index is 0.0412. The van der Waals surface area contributed by atoms with E-state index in [9.17, 15) is 4.79 Å². The number of pyridine rings is 2. The van der Waals surface area contributed by atoms with Crippen LogP contribution in [0.2, 0.25) is 0 Å². The summed E-state index contributed by atoms with van der Waals surface area (Å²) >= 11 is 0. The van der Waals surface area contributed by atoms with Crippen LogP contribution in [0.4, 0.5) is 0 Å². The highest BCUT2D eigenvalue weighted by molar-refractivity contribution is 5.86. The second-order valence-corrected chi connectivity index (χ2v) is 7.67. The molecule has 0 N–H and O–H groups in total. The molecule has 30 heavy (non-hydrogen) atoms. The number of benzene rings is 1. The molecule has 6 nitrogen and oxygen atoms in total. The Morgan fingerprint density at radius 2 is 1.67 bits per heavy atom. The van der Waals surface area contributed by atoms with Gasteiger partial charge in [-0.05, 0) is 56.7 Å². The molecule has 5 rings (SSSR count). The first-order chi connectivity index (χ1) is 14.4. The predicted octanol–water partition coefficient (Wildman–Crippen LogP) is 4.24. The highest BCUT2D eigenvalue weighted by atomic mass is 16.1. The van der Waals surface area contributed by atoms with Crippen LogP contribution >= 0.6 is 0 Å². The quantitative estimate of drug-likeness (QED) is 0.449. The van der Waals surface area contributed by atoms with Crippen molar-refractivity contribution < 1.29 is 0 Å². The second-order valence-electron chi connectivity index (χ2n) is 7.67. The van der Waals surface area contributed by atoms with Crippen LogP contribution in [-0.4, -0.2) is 24.1 Å². The molecule has 4 aromatic heterocycles. The topological polar surface area (TPSA) is 65.1 Å². The van der Waals surface area contributed by atoms with Crippen molar-refractivity contribution in [2.45, 2.75) is 20.8 Å². The van der Waals surface area contributed by atoms with E-state index in [0.29, 0.717) is 5.39 Å². The molecule has 0 amide bonds. The molecule has 0 unspecified atom stereocenters. The third kappa shape index (κ3) is 2.80. The Labute approximate surface area is 173 Å². The Balaban J connectivity index is 1.82. The van der Waals surface area contributed by atoms with Crippen LogP contribution in [0.1, 0.15) is 17.1 Å². The zero-order valence-corrected chi connectivity index (χ0v) is 17.3. The summed E-state index contributed by atoms with van der Waals surface area (Å²) in [5.41, 5.74) is 8.16. The van der Waals surface area contributed by atoms with Crippen molar-refractivity contribution in [1.29, 1.82) is 0 Å². The number of hydrogen-bond acceptors (Lipinski definition) is 4. The molecule has 0 saturated carbocycles. The van der Waals surface area contributed by atoms with Gasteiger partial charge in [0.15, 0.2) is 0 Å². The number of hydrogen-bond donors (Lipinski definition) is 0. The fraction of sp³-hybridized carbons (Fsp3) is 0.167. The lowest BCUT2D eigenvalue weighted by Gasteiger charge is -2.09. The van der Waals surface area contributed by atoms with Crippen LogP contribution < -0.4 is 5.56 Å². The van der Waals surface area contributed by atoms with Gasteiger partial charge in [0.1, 0.15) is 5.65 Å². The molecular formula is C24H21N5O. The van der Waals surface area contributed by atoms with Crippen molar-refractivity contribution in [1.82, 2.24) is 24.1 Å². The van der Waals surface area contributed by atoms with E-state index in [1.807, 2.05) is 73.8 Å². The summed E-state index contributed by atoms with van der Waals surface area (Å²) in [6.07, 6.45) is 1.78. The maximum Gasteiger partial charge on any atom is 0.261 e. The van der Waals surface area contributed by atoms with Crippen LogP contribution in [0.15, 0.2) is 59.5 Å². The van der Waals surface area contributed by atoms with Crippen molar-refractivity contribution >= 4 is 16.6 Å². The summed E-state index contributed by atoms with van der Waals surface area (Å²) in [5, 5.41) is 5.50. The number of rotatable bonds is 2. The average Bonchev–Trinajstić information content (AvgIpc) is 3.17. The van der Waals surface area contributed by atoms with Gasteiger partial charge < -0.3 is 0 Å². The monoisotopic (exact) mass is 395 g/mol. The van der Waals surface area contributed by atoms with Gasteiger partial charge in [0.2, 0.25) is 0 Å². The molecule has 0 bridgehead atoms. The van der Waals surface area contributed by atoms with Crippen molar-refractivity contribution in [2.75, 3.05) is 0 Å². The molecule has 0 spiro atoms. The Morgan fingerprint density at radius 1 is 0.900 bits per heavy atom. The largest absolute Gasteiger partial charge is 0.296 e. The van der Waals surface area contributed by atoms with E-state index in [1.165, 1.54) is 0 Å². The molecule has 0 atom stereocenters. The fourth-order valence-corrected chi connectivity index (χ4v) is 4.04. The summed E-state index contributed by atoms with van der Waals surface area (Å²) in [6, 6.07) is 15.8. The lowest BCUT2D eigenvalue weighted by molar-refractivity contribution is 0.850. The van der Waals surface area contributed by atoms with Gasteiger partial charge in [0.05, 0.1) is 16.6 Å². The molecule has 0 aliphatic heterocycles. The number of nitrogens with zero attached hydrogens (tertiary/aromatic N) is 5. The molecule has 5 aromatic rings. The SMILES string of the molecule is Cc1cc(-c2cc3n(C)c(=O)c4ccc(-c5cccnc5C)cc4n3n2)cc(C)n1. The smallest absolute Gasteiger partial charge is 0.261 e. The Bertz CT molecular complexity index is 1490. The average molecular weight is 395 g/mol. The lowest BCUT2D eigenvalue weighted by atomic mass is 10.0. The standard InChI is InChI=1S/C24H21N5O/c1-14-10-18(11-15(2)26-14)21-13-23-28(4)24(30)20-8-7-17(12-22(20)29(23)27-21)19-6-5-9-25-16(19)3/h5-13H,1-4H3. The molecular weight excluding hydrogens is 374 g/mol. The first-order valence-corrected chi connectivity index (χ1v) is 9.82. The molecule has 0 aliphatic rings. The molecule has 0 aliphatic carbocycles. The highest BCUT2D eigenvalue weighted by Gasteiger charge is 2.15. The molecule has 0 saturated heterocycles. The van der Waals surface area contributed by atoms with E-state index in [1.54, 1.807) is 17.8 Å². The predicted molar refractivity (Wildman–Crippen MR) is 119 cm³/mol. The highest BCUT2D eigenvalue weighted by Crippen LogP contribution is 2.27. The van der Waals surface area contributed by atoms with Crippen LogP contribution in [0, 0.1) is 20.8 Å². The molecule has 0 fully saturated rings. The van der Waals surface area contributed by atoms with E-state index >= 15 is 0 Å². The van der Waals surface area contributed by atoms with Gasteiger partial charge in [0.25, 0.3) is 5.56 Å². The van der Waals surface area contributed by atoms with Crippen molar-refractivity contribution in [2.24, 2.45) is 7.05 Å². The maximum absolute atomic E-state index is 13.0. The summed E-state index contributed by atoms with van der Waals surface area (Å²) in [5.74, 6) is 0. The lowest BCUT2D eigenvalue weighted by Crippen LogP contribution is -2.19. The van der Waals surface area contributed by atoms with Gasteiger partial charge in [-0.15, -0.1) is 0 Å². The van der Waals surface area contributed by atoms with Gasteiger partial charge >= 0.3 is 0 Å². The van der Waals surface area contributed by atoms with Crippen LogP contribution in [-0.2, 0) is 7.05 Å². The van der Waals surface area contributed by atoms with Crippen molar-refractivity contribution in [3.8, 4) is 22.4 Å². The molecule has 0 radical (unpaired) electrons. The first-order valence-electron chi connectivity index (χ1n) is 9.82. The van der Waals surface area contributed by atoms with E-state index in [2.05, 4.69) is 9.97 Å². The van der Waals surface area contributed by atoms with E-state index in [4.69, 9.17) is 5.10 Å². The number of fused-ring (bicyclic) bond motifs is 3. The summed E-state index contributed by atoms with van der Waals surface area (Å²) in [7, 11) is 1.78. The number of aryl methyl sites for hydroxylation is 4. The van der Waals surface area contributed by atoms with E-state index in [-0.39, 0.29) is 5.56 Å². The Morgan fingerprint density at radius 3 is 2.40 bits per heavy atom. The molecule has 6 heteroatoms. The van der Waals surface area contributed by atoms with Crippen LogP contribution in [0.5, 0.6) is 0 Å². The van der Waals surface area contributed by atoms with E-state index in [0.717, 1.165) is 50.6 Å². The van der Waals surface area contributed by atoms with Crippen LogP contribution in [0.3, 0.4) is 0 Å². The zero-order chi connectivity index (χ0) is 21.0. The fourth-order valence-electron chi connectivity index (χ4n) is 4.04. The van der Waals surface area contributed by atoms with Gasteiger partial charge in [0, 0.05) is 47.5 Å². The van der Waals surface area contributed by atoms with E-state index < -0.39 is 0 Å². The van der Waals surface area contributed by atoms with Crippen molar-refractivity contribution in [3.63, 3.8) is 0 Å². The summed E-state index contributed by atoms with van der Waals surface area (Å²) < 4.78 is 3.50. The molecule has 4 heterocycles. The maximum atomic E-state index is 13.0. The minimum Gasteiger partial charge on any atom is -0.296 e. The summed E-state index contributed by atoms with van der Waals surface area (Å²) in [6.45, 7) is 5.93. The van der Waals surface area contributed by atoms with Crippen LogP contribution in [0.25, 0.3) is 38.9 Å². The summed E-state index contributed by atoms with van der Waals surface area (Å²) in [4.78, 5) is 21.9. The number of aromatic nitrogens is 5. The van der Waals surface area contributed by atoms with Gasteiger partial charge in [-0.2, -0.15) is 5.10 Å². The van der Waals surface area contributed by atoms with Gasteiger partial charge in [-0.25, -0.2) is 4.52 Å². The third-order valence-electron chi connectivity index (χ3n) is 5.49. The minimum atomic E-state index is -0.0412.